The first kappa shape index (κ1) is 10.6. The normalized spacial score (nSPS) is 22.1. The molecule has 1 saturated heterocycles. The van der Waals surface area contributed by atoms with E-state index in [4.69, 9.17) is 0 Å². The van der Waals surface area contributed by atoms with E-state index in [1.165, 1.54) is 25.1 Å². The molecule has 0 amide bonds. The van der Waals surface area contributed by atoms with Crippen molar-refractivity contribution in [2.45, 2.75) is 18.8 Å². The molecule has 1 aliphatic heterocycles. The number of pyridine rings is 1. The number of hydrogen-bond acceptors (Lipinski definition) is 2. The van der Waals surface area contributed by atoms with Gasteiger partial charge in [-0.2, -0.15) is 0 Å². The number of aromatic nitrogens is 2. The van der Waals surface area contributed by atoms with E-state index in [0.29, 0.717) is 5.92 Å². The fourth-order valence-corrected chi connectivity index (χ4v) is 2.68. The van der Waals surface area contributed by atoms with E-state index < -0.39 is 0 Å². The molecular weight excluding hydrogens is 214 g/mol. The molecule has 2 aromatic heterocycles. The molecule has 0 saturated carbocycles. The molecule has 0 bridgehead atoms. The van der Waals surface area contributed by atoms with Crippen molar-refractivity contribution in [3.63, 3.8) is 0 Å². The van der Waals surface area contributed by atoms with Crippen LogP contribution in [0.5, 0.6) is 0 Å². The Balaban J connectivity index is 2.00. The van der Waals surface area contributed by atoms with Gasteiger partial charge in [0.25, 0.3) is 5.56 Å². The number of fused-ring (bicyclic) bond motifs is 1. The van der Waals surface area contributed by atoms with Gasteiger partial charge in [-0.15, -0.1) is 0 Å². The standard InChI is InChI=1S/C13H17N3O/c1-15-7-3-4-10(8-15)11-9-16-12(14-11)5-2-6-13(16)17/h2,5-6,9-10,14H,3-4,7-8H2,1H3. The lowest BCUT2D eigenvalue weighted by atomic mass is 9.96. The van der Waals surface area contributed by atoms with Crippen LogP contribution >= 0.6 is 0 Å². The zero-order valence-corrected chi connectivity index (χ0v) is 10.0. The maximum atomic E-state index is 11.7. The molecule has 1 aliphatic rings. The lowest BCUT2D eigenvalue weighted by Gasteiger charge is -2.28. The first-order valence-electron chi connectivity index (χ1n) is 6.13. The monoisotopic (exact) mass is 231 g/mol. The Morgan fingerprint density at radius 1 is 1.41 bits per heavy atom. The second kappa shape index (κ2) is 4.04. The highest BCUT2D eigenvalue weighted by molar-refractivity contribution is 5.40. The Kier molecular flexibility index (Phi) is 2.52. The van der Waals surface area contributed by atoms with Gasteiger partial charge in [-0.1, -0.05) is 6.07 Å². The van der Waals surface area contributed by atoms with Gasteiger partial charge in [-0.05, 0) is 32.5 Å². The molecule has 0 spiro atoms. The molecule has 1 unspecified atom stereocenters. The molecule has 0 radical (unpaired) electrons. The minimum absolute atomic E-state index is 0.0363. The number of likely N-dealkylation sites (N-methyl/N-ethyl adjacent to an activating group) is 1. The van der Waals surface area contributed by atoms with Crippen molar-refractivity contribution in [2.24, 2.45) is 0 Å². The van der Waals surface area contributed by atoms with Crippen molar-refractivity contribution in [3.05, 3.63) is 40.4 Å². The second-order valence-corrected chi connectivity index (χ2v) is 4.93. The molecule has 3 rings (SSSR count). The fraction of sp³-hybridized carbons (Fsp3) is 0.462. The average molecular weight is 231 g/mol. The van der Waals surface area contributed by atoms with E-state index in [1.807, 2.05) is 12.3 Å². The minimum atomic E-state index is 0.0363. The third kappa shape index (κ3) is 1.89. The molecule has 0 aromatic carbocycles. The van der Waals surface area contributed by atoms with Crippen LogP contribution in [0.15, 0.2) is 29.2 Å². The molecule has 0 aliphatic carbocycles. The summed E-state index contributed by atoms with van der Waals surface area (Å²) in [4.78, 5) is 17.4. The van der Waals surface area contributed by atoms with Gasteiger partial charge in [0.2, 0.25) is 0 Å². The van der Waals surface area contributed by atoms with Gasteiger partial charge in [-0.3, -0.25) is 9.20 Å². The first-order chi connectivity index (χ1) is 8.24. The van der Waals surface area contributed by atoms with Crippen molar-refractivity contribution in [2.75, 3.05) is 20.1 Å². The van der Waals surface area contributed by atoms with Gasteiger partial charge in [0.05, 0.1) is 0 Å². The Bertz CT molecular complexity index is 584. The minimum Gasteiger partial charge on any atom is -0.343 e. The lowest BCUT2D eigenvalue weighted by molar-refractivity contribution is 0.249. The maximum absolute atomic E-state index is 11.7. The van der Waals surface area contributed by atoms with Crippen LogP contribution in [0.3, 0.4) is 0 Å². The number of nitrogens with one attached hydrogen (secondary N) is 1. The van der Waals surface area contributed by atoms with Crippen molar-refractivity contribution >= 4 is 5.65 Å². The molecule has 4 nitrogen and oxygen atoms in total. The van der Waals surface area contributed by atoms with Gasteiger partial charge in [0.15, 0.2) is 0 Å². The fourth-order valence-electron chi connectivity index (χ4n) is 2.68. The third-order valence-corrected chi connectivity index (χ3v) is 3.59. The first-order valence-corrected chi connectivity index (χ1v) is 6.13. The lowest BCUT2D eigenvalue weighted by Crippen LogP contribution is -2.30. The van der Waals surface area contributed by atoms with Crippen LogP contribution in [0.4, 0.5) is 0 Å². The third-order valence-electron chi connectivity index (χ3n) is 3.59. The highest BCUT2D eigenvalue weighted by atomic mass is 16.1. The van der Waals surface area contributed by atoms with Gasteiger partial charge < -0.3 is 9.88 Å². The average Bonchev–Trinajstić information content (AvgIpc) is 2.74. The van der Waals surface area contributed by atoms with Crippen LogP contribution in [-0.2, 0) is 0 Å². The number of imidazole rings is 1. The molecular formula is C13H17N3O. The molecule has 1 fully saturated rings. The molecule has 90 valence electrons. The van der Waals surface area contributed by atoms with Crippen LogP contribution in [-0.4, -0.2) is 34.4 Å². The van der Waals surface area contributed by atoms with E-state index in [1.54, 1.807) is 16.5 Å². The van der Waals surface area contributed by atoms with Crippen molar-refractivity contribution in [1.82, 2.24) is 14.3 Å². The van der Waals surface area contributed by atoms with Crippen molar-refractivity contribution in [1.29, 1.82) is 0 Å². The van der Waals surface area contributed by atoms with Gasteiger partial charge in [0.1, 0.15) is 5.65 Å². The smallest absolute Gasteiger partial charge is 0.256 e. The van der Waals surface area contributed by atoms with Gasteiger partial charge >= 0.3 is 0 Å². The number of rotatable bonds is 1. The topological polar surface area (TPSA) is 40.5 Å². The Hall–Kier alpha value is -1.55. The van der Waals surface area contributed by atoms with Crippen molar-refractivity contribution < 1.29 is 0 Å². The summed E-state index contributed by atoms with van der Waals surface area (Å²) in [5, 5.41) is 0. The predicted molar refractivity (Wildman–Crippen MR) is 67.5 cm³/mol. The second-order valence-electron chi connectivity index (χ2n) is 4.93. The van der Waals surface area contributed by atoms with Crippen LogP contribution < -0.4 is 5.56 Å². The van der Waals surface area contributed by atoms with E-state index in [-0.39, 0.29) is 5.56 Å². The predicted octanol–water partition coefficient (Wildman–Crippen LogP) is 1.44. The van der Waals surface area contributed by atoms with Crippen LogP contribution in [0.25, 0.3) is 5.65 Å². The molecule has 17 heavy (non-hydrogen) atoms. The maximum Gasteiger partial charge on any atom is 0.256 e. The zero-order valence-electron chi connectivity index (χ0n) is 10.0. The Labute approximate surface area is 99.9 Å². The highest BCUT2D eigenvalue weighted by Gasteiger charge is 2.20. The summed E-state index contributed by atoms with van der Waals surface area (Å²) in [5.41, 5.74) is 2.11. The quantitative estimate of drug-likeness (QED) is 0.806. The van der Waals surface area contributed by atoms with Crippen LogP contribution in [0.1, 0.15) is 24.5 Å². The number of H-pyrrole nitrogens is 1. The van der Waals surface area contributed by atoms with E-state index >= 15 is 0 Å². The van der Waals surface area contributed by atoms with Crippen LogP contribution in [0, 0.1) is 0 Å². The molecule has 4 heteroatoms. The molecule has 2 aromatic rings. The number of aromatic amines is 1. The van der Waals surface area contributed by atoms with E-state index in [9.17, 15) is 4.79 Å². The zero-order chi connectivity index (χ0) is 11.8. The summed E-state index contributed by atoms with van der Waals surface area (Å²) < 4.78 is 1.70. The van der Waals surface area contributed by atoms with Crippen LogP contribution in [0.2, 0.25) is 0 Å². The SMILES string of the molecule is CN1CCCC(c2cn3c(=O)cccc3[nH]2)C1. The molecule has 3 heterocycles. The molecule has 1 atom stereocenters. The summed E-state index contributed by atoms with van der Waals surface area (Å²) in [7, 11) is 2.15. The summed E-state index contributed by atoms with van der Waals surface area (Å²) in [6.07, 6.45) is 4.39. The summed E-state index contributed by atoms with van der Waals surface area (Å²) >= 11 is 0. The summed E-state index contributed by atoms with van der Waals surface area (Å²) in [5.74, 6) is 0.521. The number of hydrogen-bond donors (Lipinski definition) is 1. The van der Waals surface area contributed by atoms with E-state index in [2.05, 4.69) is 16.9 Å². The number of likely N-dealkylation sites (tertiary alicyclic amines) is 1. The van der Waals surface area contributed by atoms with Crippen molar-refractivity contribution in [3.8, 4) is 0 Å². The van der Waals surface area contributed by atoms with Gasteiger partial charge in [0, 0.05) is 30.4 Å². The van der Waals surface area contributed by atoms with Gasteiger partial charge in [-0.25, -0.2) is 0 Å². The summed E-state index contributed by atoms with van der Waals surface area (Å²) in [6, 6.07) is 5.33. The van der Waals surface area contributed by atoms with E-state index in [0.717, 1.165) is 12.2 Å². The number of piperidine rings is 1. The molecule has 1 N–H and O–H groups in total. The Morgan fingerprint density at radius 3 is 3.06 bits per heavy atom. The Morgan fingerprint density at radius 2 is 2.29 bits per heavy atom. The number of nitrogens with zero attached hydrogens (tertiary/aromatic N) is 2. The summed E-state index contributed by atoms with van der Waals surface area (Å²) in [6.45, 7) is 2.25. The largest absolute Gasteiger partial charge is 0.343 e. The highest BCUT2D eigenvalue weighted by Crippen LogP contribution is 2.25.